The topological polar surface area (TPSA) is 34.9 Å². The molecule has 0 saturated heterocycles. The predicted octanol–water partition coefficient (Wildman–Crippen LogP) is 3.40. The molecular weight excluding hydrogens is 236 g/mol. The van der Waals surface area contributed by atoms with Crippen LogP contribution in [0.1, 0.15) is 31.4 Å². The number of nitrogens with zero attached hydrogens (tertiary/aromatic N) is 2. The first-order chi connectivity index (χ1) is 9.34. The van der Waals surface area contributed by atoms with E-state index in [0.717, 1.165) is 36.2 Å². The van der Waals surface area contributed by atoms with Crippen LogP contribution < -0.4 is 0 Å². The third-order valence-corrected chi connectivity index (χ3v) is 3.43. The van der Waals surface area contributed by atoms with Gasteiger partial charge in [-0.25, -0.2) is 4.68 Å². The van der Waals surface area contributed by atoms with Gasteiger partial charge in [0.15, 0.2) is 5.78 Å². The zero-order valence-corrected chi connectivity index (χ0v) is 10.7. The number of rotatable bonds is 2. The highest BCUT2D eigenvalue weighted by molar-refractivity contribution is 5.97. The highest BCUT2D eigenvalue weighted by Crippen LogP contribution is 2.26. The van der Waals surface area contributed by atoms with E-state index in [4.69, 9.17) is 0 Å². The van der Waals surface area contributed by atoms with Gasteiger partial charge in [-0.15, -0.1) is 0 Å². The normalized spacial score (nSPS) is 16.0. The van der Waals surface area contributed by atoms with E-state index >= 15 is 0 Å². The van der Waals surface area contributed by atoms with E-state index < -0.39 is 0 Å². The summed E-state index contributed by atoms with van der Waals surface area (Å²) in [7, 11) is 0. The van der Waals surface area contributed by atoms with Crippen molar-refractivity contribution in [2.45, 2.75) is 25.7 Å². The molecule has 1 aromatic carbocycles. The number of carbonyl (C=O) groups excluding carboxylic acids is 1. The molecule has 0 saturated carbocycles. The summed E-state index contributed by atoms with van der Waals surface area (Å²) in [5.74, 6) is 0.230. The summed E-state index contributed by atoms with van der Waals surface area (Å²) in [4.78, 5) is 11.7. The van der Waals surface area contributed by atoms with Crippen LogP contribution in [0, 0.1) is 0 Å². The van der Waals surface area contributed by atoms with Crippen molar-refractivity contribution in [3.05, 3.63) is 54.4 Å². The molecule has 0 aliphatic heterocycles. The van der Waals surface area contributed by atoms with Crippen molar-refractivity contribution in [2.75, 3.05) is 0 Å². The van der Waals surface area contributed by atoms with Crippen LogP contribution in [0.4, 0.5) is 0 Å². The first kappa shape index (κ1) is 11.9. The van der Waals surface area contributed by atoms with E-state index in [2.05, 4.69) is 5.10 Å². The fourth-order valence-corrected chi connectivity index (χ4v) is 2.48. The zero-order valence-electron chi connectivity index (χ0n) is 10.7. The van der Waals surface area contributed by atoms with E-state index in [-0.39, 0.29) is 5.78 Å². The standard InChI is InChI=1S/C16H16N2O/c19-15-9-5-4-6-13(12-15)16-10-11-17-18(16)14-7-2-1-3-8-14/h1-3,7-8,10-12H,4-6,9H2. The smallest absolute Gasteiger partial charge is 0.156 e. The Balaban J connectivity index is 2.03. The summed E-state index contributed by atoms with van der Waals surface area (Å²) >= 11 is 0. The Kier molecular flexibility index (Phi) is 3.27. The molecule has 0 amide bonds. The molecule has 3 heteroatoms. The number of benzene rings is 1. The second-order valence-electron chi connectivity index (χ2n) is 4.81. The van der Waals surface area contributed by atoms with Gasteiger partial charge in [0.25, 0.3) is 0 Å². The van der Waals surface area contributed by atoms with Gasteiger partial charge in [0.05, 0.1) is 17.6 Å². The minimum Gasteiger partial charge on any atom is -0.295 e. The molecule has 0 radical (unpaired) electrons. The maximum absolute atomic E-state index is 11.7. The quantitative estimate of drug-likeness (QED) is 0.821. The molecule has 3 rings (SSSR count). The fourth-order valence-electron chi connectivity index (χ4n) is 2.48. The van der Waals surface area contributed by atoms with E-state index in [9.17, 15) is 4.79 Å². The third-order valence-electron chi connectivity index (χ3n) is 3.43. The number of allylic oxidation sites excluding steroid dienone is 2. The van der Waals surface area contributed by atoms with Gasteiger partial charge in [-0.3, -0.25) is 4.79 Å². The second kappa shape index (κ2) is 5.22. The van der Waals surface area contributed by atoms with E-state index in [1.807, 2.05) is 41.1 Å². The molecule has 1 heterocycles. The van der Waals surface area contributed by atoms with Crippen molar-refractivity contribution in [1.29, 1.82) is 0 Å². The predicted molar refractivity (Wildman–Crippen MR) is 75.0 cm³/mol. The van der Waals surface area contributed by atoms with Crippen molar-refractivity contribution >= 4 is 11.4 Å². The van der Waals surface area contributed by atoms with Gasteiger partial charge < -0.3 is 0 Å². The van der Waals surface area contributed by atoms with Crippen molar-refractivity contribution in [2.24, 2.45) is 0 Å². The third kappa shape index (κ3) is 2.50. The van der Waals surface area contributed by atoms with Gasteiger partial charge in [0.2, 0.25) is 0 Å². The molecule has 1 aromatic heterocycles. The molecule has 0 unspecified atom stereocenters. The van der Waals surface area contributed by atoms with Gasteiger partial charge in [0, 0.05) is 6.42 Å². The van der Waals surface area contributed by atoms with Gasteiger partial charge in [-0.1, -0.05) is 18.2 Å². The first-order valence-electron chi connectivity index (χ1n) is 6.68. The number of hydrogen-bond acceptors (Lipinski definition) is 2. The summed E-state index contributed by atoms with van der Waals surface area (Å²) in [6, 6.07) is 12.0. The Labute approximate surface area is 112 Å². The molecule has 1 aliphatic carbocycles. The summed E-state index contributed by atoms with van der Waals surface area (Å²) in [5.41, 5.74) is 3.16. The average molecular weight is 252 g/mol. The summed E-state index contributed by atoms with van der Waals surface area (Å²) < 4.78 is 1.91. The second-order valence-corrected chi connectivity index (χ2v) is 4.81. The number of aromatic nitrogens is 2. The Morgan fingerprint density at radius 3 is 2.63 bits per heavy atom. The van der Waals surface area contributed by atoms with Crippen LogP contribution >= 0.6 is 0 Å². The van der Waals surface area contributed by atoms with E-state index in [0.29, 0.717) is 6.42 Å². The van der Waals surface area contributed by atoms with Gasteiger partial charge in [-0.2, -0.15) is 5.10 Å². The van der Waals surface area contributed by atoms with Crippen LogP contribution in [0.2, 0.25) is 0 Å². The van der Waals surface area contributed by atoms with Crippen LogP contribution in [0.15, 0.2) is 48.7 Å². The lowest BCUT2D eigenvalue weighted by atomic mass is 10.1. The minimum atomic E-state index is 0.230. The Morgan fingerprint density at radius 2 is 1.79 bits per heavy atom. The first-order valence-corrected chi connectivity index (χ1v) is 6.68. The Morgan fingerprint density at radius 1 is 1.00 bits per heavy atom. The fraction of sp³-hybridized carbons (Fsp3) is 0.250. The molecule has 0 bridgehead atoms. The van der Waals surface area contributed by atoms with E-state index in [1.165, 1.54) is 0 Å². The SMILES string of the molecule is O=C1C=C(c2ccnn2-c2ccccc2)CCCC1. The Hall–Kier alpha value is -2.16. The summed E-state index contributed by atoms with van der Waals surface area (Å²) in [6.07, 6.45) is 7.26. The molecule has 0 atom stereocenters. The van der Waals surface area contributed by atoms with Gasteiger partial charge in [-0.05, 0) is 49.1 Å². The molecule has 0 spiro atoms. The number of ketones is 1. The van der Waals surface area contributed by atoms with E-state index in [1.54, 1.807) is 12.3 Å². The van der Waals surface area contributed by atoms with Gasteiger partial charge >= 0.3 is 0 Å². The van der Waals surface area contributed by atoms with Crippen molar-refractivity contribution in [3.63, 3.8) is 0 Å². The molecular formula is C16H16N2O. The molecule has 0 N–H and O–H groups in total. The maximum Gasteiger partial charge on any atom is 0.156 e. The lowest BCUT2D eigenvalue weighted by molar-refractivity contribution is -0.114. The maximum atomic E-state index is 11.7. The summed E-state index contributed by atoms with van der Waals surface area (Å²) in [6.45, 7) is 0. The minimum absolute atomic E-state index is 0.230. The molecule has 3 nitrogen and oxygen atoms in total. The zero-order chi connectivity index (χ0) is 13.1. The lowest BCUT2D eigenvalue weighted by Crippen LogP contribution is -2.02. The van der Waals surface area contributed by atoms with Crippen molar-refractivity contribution in [1.82, 2.24) is 9.78 Å². The van der Waals surface area contributed by atoms with Crippen LogP contribution in [0.3, 0.4) is 0 Å². The average Bonchev–Trinajstić information content (AvgIpc) is 2.83. The van der Waals surface area contributed by atoms with Crippen LogP contribution in [0.25, 0.3) is 11.3 Å². The highest BCUT2D eigenvalue weighted by Gasteiger charge is 2.14. The summed E-state index contributed by atoms with van der Waals surface area (Å²) in [5, 5.41) is 4.38. The Bertz CT molecular complexity index is 611. The lowest BCUT2D eigenvalue weighted by Gasteiger charge is -2.09. The van der Waals surface area contributed by atoms with Crippen LogP contribution in [-0.4, -0.2) is 15.6 Å². The van der Waals surface area contributed by atoms with Crippen molar-refractivity contribution < 1.29 is 4.79 Å². The van der Waals surface area contributed by atoms with Crippen LogP contribution in [-0.2, 0) is 4.79 Å². The largest absolute Gasteiger partial charge is 0.295 e. The molecule has 1 aliphatic rings. The number of para-hydroxylation sites is 1. The number of hydrogen-bond donors (Lipinski definition) is 0. The van der Waals surface area contributed by atoms with Gasteiger partial charge in [0.1, 0.15) is 0 Å². The molecule has 96 valence electrons. The number of carbonyl (C=O) groups is 1. The molecule has 0 fully saturated rings. The monoisotopic (exact) mass is 252 g/mol. The molecule has 19 heavy (non-hydrogen) atoms. The molecule has 2 aromatic rings. The van der Waals surface area contributed by atoms with Crippen molar-refractivity contribution in [3.8, 4) is 5.69 Å². The highest BCUT2D eigenvalue weighted by atomic mass is 16.1. The van der Waals surface area contributed by atoms with Crippen LogP contribution in [0.5, 0.6) is 0 Å².